The summed E-state index contributed by atoms with van der Waals surface area (Å²) in [4.78, 5) is 4.47. The van der Waals surface area contributed by atoms with E-state index in [0.717, 1.165) is 28.0 Å². The average Bonchev–Trinajstić information content (AvgIpc) is 2.43. The second-order valence-electron chi connectivity index (χ2n) is 3.95. The van der Waals surface area contributed by atoms with Crippen molar-refractivity contribution >= 4 is 16.7 Å². The summed E-state index contributed by atoms with van der Waals surface area (Å²) >= 11 is 0. The zero-order chi connectivity index (χ0) is 13.0. The number of fused-ring (bicyclic) bond motifs is 1. The van der Waals surface area contributed by atoms with Crippen molar-refractivity contribution in [3.05, 3.63) is 55.1 Å². The van der Waals surface area contributed by atoms with E-state index < -0.39 is 0 Å². The molecule has 2 rings (SSSR count). The van der Waals surface area contributed by atoms with E-state index in [2.05, 4.69) is 23.5 Å². The summed E-state index contributed by atoms with van der Waals surface area (Å²) < 4.78 is 5.61. The van der Waals surface area contributed by atoms with Gasteiger partial charge in [0.15, 0.2) is 0 Å². The van der Waals surface area contributed by atoms with E-state index in [1.807, 2.05) is 37.4 Å². The minimum atomic E-state index is 0.445. The van der Waals surface area contributed by atoms with E-state index in [4.69, 9.17) is 4.74 Å². The van der Waals surface area contributed by atoms with Crippen molar-refractivity contribution in [3.63, 3.8) is 0 Å². The first-order chi connectivity index (χ1) is 8.72. The van der Waals surface area contributed by atoms with Gasteiger partial charge in [-0.2, -0.15) is 0 Å². The van der Waals surface area contributed by atoms with Crippen LogP contribution < -0.4 is 10.1 Å². The molecule has 0 spiro atoms. The van der Waals surface area contributed by atoms with Crippen molar-refractivity contribution in [1.29, 1.82) is 0 Å². The summed E-state index contributed by atoms with van der Waals surface area (Å²) in [5.41, 5.74) is 1.76. The monoisotopic (exact) mass is 240 g/mol. The van der Waals surface area contributed by atoms with Crippen molar-refractivity contribution in [3.8, 4) is 5.75 Å². The molecule has 3 heteroatoms. The third-order valence-corrected chi connectivity index (χ3v) is 2.63. The fraction of sp³-hybridized carbons (Fsp3) is 0.133. The van der Waals surface area contributed by atoms with Crippen LogP contribution in [0.2, 0.25) is 0 Å². The molecule has 0 amide bonds. The van der Waals surface area contributed by atoms with Gasteiger partial charge in [0.25, 0.3) is 0 Å². The standard InChI is InChI=1S/C15H16N2O/c1-4-11(2)10-18-13-7-5-12-6-8-15(16-3)17-14(12)9-13/h4-9H,1-2,10H2,3H3,(H,16,17). The second kappa shape index (κ2) is 5.36. The van der Waals surface area contributed by atoms with E-state index in [1.54, 1.807) is 6.08 Å². The molecule has 0 atom stereocenters. The normalized spacial score (nSPS) is 10.1. The van der Waals surface area contributed by atoms with Crippen LogP contribution in [0, 0.1) is 0 Å². The molecular weight excluding hydrogens is 224 g/mol. The molecule has 18 heavy (non-hydrogen) atoms. The molecule has 1 aromatic heterocycles. The Kier molecular flexibility index (Phi) is 3.63. The number of nitrogens with zero attached hydrogens (tertiary/aromatic N) is 1. The Hall–Kier alpha value is -2.29. The second-order valence-corrected chi connectivity index (χ2v) is 3.95. The van der Waals surface area contributed by atoms with Crippen LogP contribution in [0.1, 0.15) is 0 Å². The highest BCUT2D eigenvalue weighted by atomic mass is 16.5. The molecule has 3 nitrogen and oxygen atoms in total. The topological polar surface area (TPSA) is 34.1 Å². The number of ether oxygens (including phenoxy) is 1. The van der Waals surface area contributed by atoms with Gasteiger partial charge < -0.3 is 10.1 Å². The number of hydrogen-bond acceptors (Lipinski definition) is 3. The molecule has 2 aromatic rings. The van der Waals surface area contributed by atoms with Gasteiger partial charge in [-0.1, -0.05) is 19.2 Å². The number of benzene rings is 1. The van der Waals surface area contributed by atoms with E-state index in [0.29, 0.717) is 6.61 Å². The quantitative estimate of drug-likeness (QED) is 0.813. The highest BCUT2D eigenvalue weighted by Gasteiger charge is 2.00. The Balaban J connectivity index is 2.25. The van der Waals surface area contributed by atoms with Crippen LogP contribution >= 0.6 is 0 Å². The predicted octanol–water partition coefficient (Wildman–Crippen LogP) is 3.40. The zero-order valence-electron chi connectivity index (χ0n) is 10.4. The molecule has 0 aliphatic carbocycles. The number of rotatable bonds is 5. The highest BCUT2D eigenvalue weighted by Crippen LogP contribution is 2.21. The molecule has 0 fully saturated rings. The Morgan fingerprint density at radius 3 is 2.89 bits per heavy atom. The lowest BCUT2D eigenvalue weighted by molar-refractivity contribution is 0.356. The van der Waals surface area contributed by atoms with Gasteiger partial charge in [0.1, 0.15) is 18.2 Å². The molecule has 0 saturated carbocycles. The molecular formula is C15H16N2O. The van der Waals surface area contributed by atoms with Crippen molar-refractivity contribution in [1.82, 2.24) is 4.98 Å². The molecule has 0 aliphatic rings. The minimum Gasteiger partial charge on any atom is -0.489 e. The van der Waals surface area contributed by atoms with Gasteiger partial charge >= 0.3 is 0 Å². The zero-order valence-corrected chi connectivity index (χ0v) is 10.4. The third-order valence-electron chi connectivity index (χ3n) is 2.63. The van der Waals surface area contributed by atoms with Crippen LogP contribution in [-0.2, 0) is 0 Å². The van der Waals surface area contributed by atoms with Crippen molar-refractivity contribution < 1.29 is 4.74 Å². The fourth-order valence-electron chi connectivity index (χ4n) is 1.56. The number of pyridine rings is 1. The lowest BCUT2D eigenvalue weighted by atomic mass is 10.2. The summed E-state index contributed by atoms with van der Waals surface area (Å²) in [7, 11) is 1.85. The molecule has 0 saturated heterocycles. The Labute approximate surface area is 107 Å². The maximum atomic E-state index is 5.61. The van der Waals surface area contributed by atoms with E-state index in [1.165, 1.54) is 0 Å². The fourth-order valence-corrected chi connectivity index (χ4v) is 1.56. The summed E-state index contributed by atoms with van der Waals surface area (Å²) in [5.74, 6) is 1.63. The number of nitrogens with one attached hydrogen (secondary N) is 1. The van der Waals surface area contributed by atoms with E-state index in [-0.39, 0.29) is 0 Å². The molecule has 1 heterocycles. The number of aromatic nitrogens is 1. The van der Waals surface area contributed by atoms with Crippen LogP contribution in [0.3, 0.4) is 0 Å². The van der Waals surface area contributed by atoms with Gasteiger partial charge in [0.2, 0.25) is 0 Å². The number of anilines is 1. The van der Waals surface area contributed by atoms with Crippen LogP contribution in [0.4, 0.5) is 5.82 Å². The lowest BCUT2D eigenvalue weighted by Gasteiger charge is -2.07. The maximum absolute atomic E-state index is 5.61. The van der Waals surface area contributed by atoms with Crippen LogP contribution in [0.5, 0.6) is 5.75 Å². The summed E-state index contributed by atoms with van der Waals surface area (Å²) in [6.45, 7) is 7.90. The molecule has 0 radical (unpaired) electrons. The van der Waals surface area contributed by atoms with E-state index in [9.17, 15) is 0 Å². The van der Waals surface area contributed by atoms with Gasteiger partial charge in [-0.25, -0.2) is 4.98 Å². The summed E-state index contributed by atoms with van der Waals surface area (Å²) in [6.07, 6.45) is 1.69. The summed E-state index contributed by atoms with van der Waals surface area (Å²) in [6, 6.07) is 9.82. The van der Waals surface area contributed by atoms with Crippen molar-refractivity contribution in [2.75, 3.05) is 19.0 Å². The largest absolute Gasteiger partial charge is 0.489 e. The van der Waals surface area contributed by atoms with Crippen molar-refractivity contribution in [2.24, 2.45) is 0 Å². The summed E-state index contributed by atoms with van der Waals surface area (Å²) in [5, 5.41) is 4.11. The minimum absolute atomic E-state index is 0.445. The first kappa shape index (κ1) is 12.2. The Morgan fingerprint density at radius 2 is 2.17 bits per heavy atom. The van der Waals surface area contributed by atoms with Crippen LogP contribution in [0.15, 0.2) is 55.1 Å². The van der Waals surface area contributed by atoms with Crippen LogP contribution in [-0.4, -0.2) is 18.6 Å². The van der Waals surface area contributed by atoms with Crippen LogP contribution in [0.25, 0.3) is 10.9 Å². The SMILES string of the molecule is C=CC(=C)COc1ccc2ccc(NC)nc2c1. The molecule has 1 N–H and O–H groups in total. The molecule has 1 aromatic carbocycles. The average molecular weight is 240 g/mol. The molecule has 92 valence electrons. The smallest absolute Gasteiger partial charge is 0.126 e. The Bertz CT molecular complexity index is 590. The maximum Gasteiger partial charge on any atom is 0.126 e. The molecule has 0 bridgehead atoms. The Morgan fingerprint density at radius 1 is 1.39 bits per heavy atom. The first-order valence-electron chi connectivity index (χ1n) is 5.74. The van der Waals surface area contributed by atoms with E-state index >= 15 is 0 Å². The van der Waals surface area contributed by atoms with Gasteiger partial charge in [-0.15, -0.1) is 0 Å². The number of hydrogen-bond donors (Lipinski definition) is 1. The van der Waals surface area contributed by atoms with Gasteiger partial charge in [-0.05, 0) is 29.8 Å². The molecule has 0 aliphatic heterocycles. The third kappa shape index (κ3) is 2.69. The van der Waals surface area contributed by atoms with Gasteiger partial charge in [-0.3, -0.25) is 0 Å². The molecule has 0 unspecified atom stereocenters. The predicted molar refractivity (Wildman–Crippen MR) is 76.1 cm³/mol. The van der Waals surface area contributed by atoms with Crippen molar-refractivity contribution in [2.45, 2.75) is 0 Å². The van der Waals surface area contributed by atoms with Gasteiger partial charge in [0.05, 0.1) is 5.52 Å². The first-order valence-corrected chi connectivity index (χ1v) is 5.74. The highest BCUT2D eigenvalue weighted by molar-refractivity contribution is 5.81. The lowest BCUT2D eigenvalue weighted by Crippen LogP contribution is -1.98. The van der Waals surface area contributed by atoms with Gasteiger partial charge in [0, 0.05) is 18.5 Å².